The Hall–Kier alpha value is -1.63. The van der Waals surface area contributed by atoms with E-state index >= 15 is 0 Å². The molecule has 0 amide bonds. The van der Waals surface area contributed by atoms with Crippen LogP contribution in [0.1, 0.15) is 44.7 Å². The third-order valence-corrected chi connectivity index (χ3v) is 5.69. The van der Waals surface area contributed by atoms with Gasteiger partial charge in [0.1, 0.15) is 12.1 Å². The molecule has 5 nitrogen and oxygen atoms in total. The average Bonchev–Trinajstić information content (AvgIpc) is 2.71. The number of allylic oxidation sites excluding steroid dienone is 1. The maximum Gasteiger partial charge on any atom is 0.145 e. The van der Waals surface area contributed by atoms with E-state index in [0.29, 0.717) is 12.3 Å². The van der Waals surface area contributed by atoms with Gasteiger partial charge >= 0.3 is 0 Å². The Morgan fingerprint density at radius 1 is 1.21 bits per heavy atom. The number of carbonyl (C=O) groups excluding carboxylic acids is 1. The Morgan fingerprint density at radius 2 is 1.86 bits per heavy atom. The molecule has 0 aliphatic rings. The minimum absolute atomic E-state index is 0.151. The first-order valence-corrected chi connectivity index (χ1v) is 11.3. The van der Waals surface area contributed by atoms with E-state index in [1.165, 1.54) is 11.1 Å². The summed E-state index contributed by atoms with van der Waals surface area (Å²) in [5, 5.41) is 13.9. The molecule has 1 rings (SSSR count). The molecule has 0 bridgehead atoms. The van der Waals surface area contributed by atoms with Crippen molar-refractivity contribution in [3.63, 3.8) is 0 Å². The summed E-state index contributed by atoms with van der Waals surface area (Å²) < 4.78 is 0. The van der Waals surface area contributed by atoms with Gasteiger partial charge in [-0.25, -0.2) is 0 Å². The second-order valence-corrected chi connectivity index (χ2v) is 8.25. The van der Waals surface area contributed by atoms with Crippen LogP contribution in [0, 0.1) is 0 Å². The van der Waals surface area contributed by atoms with Crippen molar-refractivity contribution in [3.05, 3.63) is 46.4 Å². The van der Waals surface area contributed by atoms with Gasteiger partial charge in [0.25, 0.3) is 0 Å². The Bertz CT molecular complexity index is 712. The van der Waals surface area contributed by atoms with Gasteiger partial charge in [0.15, 0.2) is 0 Å². The molecule has 0 saturated heterocycles. The zero-order chi connectivity index (χ0) is 21.6. The lowest BCUT2D eigenvalue weighted by Crippen LogP contribution is -2.43. The number of benzene rings is 1. The summed E-state index contributed by atoms with van der Waals surface area (Å²) in [6, 6.07) is 8.32. The molecule has 0 unspecified atom stereocenters. The Morgan fingerprint density at radius 3 is 2.41 bits per heavy atom. The van der Waals surface area contributed by atoms with E-state index in [1.54, 1.807) is 11.8 Å². The van der Waals surface area contributed by atoms with Gasteiger partial charge in [-0.3, -0.25) is 0 Å². The molecule has 29 heavy (non-hydrogen) atoms. The molecule has 0 heterocycles. The van der Waals surface area contributed by atoms with E-state index in [1.807, 2.05) is 32.8 Å². The van der Waals surface area contributed by atoms with Crippen molar-refractivity contribution in [2.75, 3.05) is 20.0 Å². The van der Waals surface area contributed by atoms with Crippen molar-refractivity contribution < 1.29 is 4.79 Å². The van der Waals surface area contributed by atoms with E-state index in [2.05, 4.69) is 52.1 Å². The average molecular weight is 437 g/mol. The zero-order valence-corrected chi connectivity index (χ0v) is 19.7. The Kier molecular flexibility index (Phi) is 12.6. The third-order valence-electron chi connectivity index (χ3n) is 4.27. The summed E-state index contributed by atoms with van der Waals surface area (Å²) >= 11 is 7.56. The molecule has 0 saturated carbocycles. The lowest BCUT2D eigenvalue weighted by atomic mass is 10.1. The van der Waals surface area contributed by atoms with Crippen LogP contribution in [0.2, 0.25) is 0 Å². The summed E-state index contributed by atoms with van der Waals surface area (Å²) in [5.74, 6) is 2.05. The van der Waals surface area contributed by atoms with Gasteiger partial charge in [0.2, 0.25) is 0 Å². The molecule has 160 valence electrons. The van der Waals surface area contributed by atoms with Gasteiger partial charge in [0, 0.05) is 25.1 Å². The predicted octanol–water partition coefficient (Wildman–Crippen LogP) is 4.86. The molecule has 1 aromatic rings. The molecule has 0 aliphatic carbocycles. The van der Waals surface area contributed by atoms with E-state index in [0.717, 1.165) is 42.1 Å². The van der Waals surface area contributed by atoms with Crippen LogP contribution < -0.4 is 5.32 Å². The van der Waals surface area contributed by atoms with E-state index in [9.17, 15) is 4.79 Å². The number of nitrogens with one attached hydrogen (secondary N) is 1. The van der Waals surface area contributed by atoms with Crippen molar-refractivity contribution >= 4 is 41.2 Å². The zero-order valence-electron chi connectivity index (χ0n) is 18.1. The van der Waals surface area contributed by atoms with Gasteiger partial charge in [-0.15, -0.1) is 28.5 Å². The molecule has 0 aliphatic heterocycles. The molecular weight excluding hydrogens is 404 g/mol. The van der Waals surface area contributed by atoms with E-state index in [4.69, 9.17) is 11.6 Å². The van der Waals surface area contributed by atoms with Gasteiger partial charge in [-0.1, -0.05) is 29.8 Å². The fourth-order valence-electron chi connectivity index (χ4n) is 2.56. The highest BCUT2D eigenvalue weighted by Crippen LogP contribution is 2.16. The molecule has 7 heteroatoms. The second-order valence-electron chi connectivity index (χ2n) is 7.16. The molecule has 0 aromatic heterocycles. The number of alkyl halides is 1. The molecule has 1 aromatic carbocycles. The van der Waals surface area contributed by atoms with Crippen LogP contribution in [0.5, 0.6) is 0 Å². The molecule has 0 fully saturated rings. The van der Waals surface area contributed by atoms with Crippen LogP contribution in [0.25, 0.3) is 0 Å². The van der Waals surface area contributed by atoms with Crippen LogP contribution in [0.4, 0.5) is 0 Å². The van der Waals surface area contributed by atoms with Gasteiger partial charge in [0.05, 0.1) is 11.9 Å². The quantitative estimate of drug-likeness (QED) is 0.127. The van der Waals surface area contributed by atoms with Crippen molar-refractivity contribution in [2.24, 2.45) is 10.2 Å². The first kappa shape index (κ1) is 25.4. The normalized spacial score (nSPS) is 13.2. The monoisotopic (exact) mass is 436 g/mol. The lowest BCUT2D eigenvalue weighted by molar-refractivity contribution is -0.108. The van der Waals surface area contributed by atoms with Crippen molar-refractivity contribution in [1.82, 2.24) is 10.2 Å². The number of hydrogen-bond donors (Lipinski definition) is 1. The number of nitrogens with zero attached hydrogens (tertiary/aromatic N) is 3. The summed E-state index contributed by atoms with van der Waals surface area (Å²) in [5.41, 5.74) is 4.68. The predicted molar refractivity (Wildman–Crippen MR) is 128 cm³/mol. The number of likely N-dealkylation sites (N-methyl/N-ethyl adjacent to an activating group) is 2. The SMILES string of the molecule is CN[C@@H](CC=O)/C(=N/N=C(C)C)N(C)CS/C=C(/C)CCc1ccc(CCl)cc1. The maximum absolute atomic E-state index is 11.0. The van der Waals surface area contributed by atoms with Gasteiger partial charge < -0.3 is 15.0 Å². The largest absolute Gasteiger partial charge is 0.351 e. The number of thioether (sulfide) groups is 1. The van der Waals surface area contributed by atoms with Crippen LogP contribution in [-0.4, -0.2) is 48.7 Å². The lowest BCUT2D eigenvalue weighted by Gasteiger charge is -2.25. The molecular formula is C22H33ClN4OS. The number of aldehydes is 1. The topological polar surface area (TPSA) is 57.1 Å². The molecule has 0 spiro atoms. The third kappa shape index (κ3) is 10.1. The summed E-state index contributed by atoms with van der Waals surface area (Å²) in [7, 11) is 3.81. The first-order valence-electron chi connectivity index (χ1n) is 9.73. The minimum Gasteiger partial charge on any atom is -0.351 e. The van der Waals surface area contributed by atoms with E-state index in [-0.39, 0.29) is 6.04 Å². The molecule has 1 atom stereocenters. The van der Waals surface area contributed by atoms with Crippen LogP contribution >= 0.6 is 23.4 Å². The minimum atomic E-state index is -0.151. The van der Waals surface area contributed by atoms with Crippen LogP contribution in [0.3, 0.4) is 0 Å². The number of hydrogen-bond acceptors (Lipinski definition) is 5. The standard InChI is InChI=1S/C22H33ClN4OS/c1-17(2)25-26-22(21(24-4)12-13-28)27(5)16-29-15-18(3)6-7-19-8-10-20(14-23)11-9-19/h8-11,13,15,21,24H,6-7,12,14,16H2,1-5H3/b18-15-,26-22-/t21-/m0/s1. The summed E-state index contributed by atoms with van der Waals surface area (Å²) in [6.45, 7) is 5.96. The highest BCUT2D eigenvalue weighted by molar-refractivity contribution is 8.02. The maximum atomic E-state index is 11.0. The van der Waals surface area contributed by atoms with E-state index < -0.39 is 0 Å². The van der Waals surface area contributed by atoms with Gasteiger partial charge in [-0.2, -0.15) is 5.10 Å². The number of carbonyl (C=O) groups is 1. The van der Waals surface area contributed by atoms with Crippen LogP contribution in [-0.2, 0) is 17.1 Å². The number of aryl methyl sites for hydroxylation is 1. The van der Waals surface area contributed by atoms with Crippen LogP contribution in [0.15, 0.2) is 45.4 Å². The second kappa shape index (κ2) is 14.4. The molecule has 1 N–H and O–H groups in total. The summed E-state index contributed by atoms with van der Waals surface area (Å²) in [4.78, 5) is 13.0. The van der Waals surface area contributed by atoms with Crippen molar-refractivity contribution in [1.29, 1.82) is 0 Å². The number of amidine groups is 1. The van der Waals surface area contributed by atoms with Gasteiger partial charge in [-0.05, 0) is 57.2 Å². The fraction of sp³-hybridized carbons (Fsp3) is 0.500. The number of rotatable bonds is 12. The highest BCUT2D eigenvalue weighted by Gasteiger charge is 2.18. The molecule has 0 radical (unpaired) electrons. The Balaban J connectivity index is 2.63. The van der Waals surface area contributed by atoms with Crippen molar-refractivity contribution in [2.45, 2.75) is 52.0 Å². The fourth-order valence-corrected chi connectivity index (χ4v) is 3.58. The van der Waals surface area contributed by atoms with Crippen molar-refractivity contribution in [3.8, 4) is 0 Å². The first-order chi connectivity index (χ1) is 13.9. The number of halogens is 1. The highest BCUT2D eigenvalue weighted by atomic mass is 35.5. The summed E-state index contributed by atoms with van der Waals surface area (Å²) in [6.07, 6.45) is 3.30. The smallest absolute Gasteiger partial charge is 0.145 e. The Labute approximate surface area is 184 Å².